The molecule has 0 aliphatic heterocycles. The van der Waals surface area contributed by atoms with E-state index in [9.17, 15) is 15.3 Å². The van der Waals surface area contributed by atoms with Crippen LogP contribution in [0.2, 0.25) is 5.02 Å². The van der Waals surface area contributed by atoms with Crippen molar-refractivity contribution in [3.63, 3.8) is 0 Å². The maximum atomic E-state index is 10.3. The van der Waals surface area contributed by atoms with E-state index < -0.39 is 18.3 Å². The van der Waals surface area contributed by atoms with E-state index in [0.717, 1.165) is 22.4 Å². The van der Waals surface area contributed by atoms with Gasteiger partial charge < -0.3 is 20.1 Å². The van der Waals surface area contributed by atoms with E-state index in [-0.39, 0.29) is 5.92 Å². The number of hydrogen-bond donors (Lipinski definition) is 3. The van der Waals surface area contributed by atoms with Crippen LogP contribution in [0, 0.1) is 0 Å². The van der Waals surface area contributed by atoms with Gasteiger partial charge in [-0.05, 0) is 61.1 Å². The van der Waals surface area contributed by atoms with E-state index >= 15 is 0 Å². The van der Waals surface area contributed by atoms with Gasteiger partial charge in [-0.15, -0.1) is 0 Å². The molecule has 4 atom stereocenters. The third-order valence-corrected chi connectivity index (χ3v) is 5.43. The first-order valence-electron chi connectivity index (χ1n) is 9.04. The summed E-state index contributed by atoms with van der Waals surface area (Å²) in [7, 11) is 0. The van der Waals surface area contributed by atoms with Crippen molar-refractivity contribution in [1.82, 2.24) is 0 Å². The van der Waals surface area contributed by atoms with Crippen molar-refractivity contribution in [2.75, 3.05) is 6.61 Å². The summed E-state index contributed by atoms with van der Waals surface area (Å²) in [6, 6.07) is 13.6. The van der Waals surface area contributed by atoms with Gasteiger partial charge in [0, 0.05) is 10.9 Å². The fourth-order valence-electron chi connectivity index (χ4n) is 3.57. The highest BCUT2D eigenvalue weighted by atomic mass is 35.5. The zero-order chi connectivity index (χ0) is 18.7. The molecule has 0 spiro atoms. The summed E-state index contributed by atoms with van der Waals surface area (Å²) in [5, 5.41) is 30.7. The SMILES string of the molecule is CCOc1ccc(Cc2cc([C@@H]3CC[C@@H](O)[C@H](O)[C@H]3O)ccc2Cl)cc1. The summed E-state index contributed by atoms with van der Waals surface area (Å²) in [6.07, 6.45) is -1.18. The topological polar surface area (TPSA) is 69.9 Å². The molecule has 2 aromatic rings. The van der Waals surface area contributed by atoms with Crippen molar-refractivity contribution in [3.05, 3.63) is 64.2 Å². The Balaban J connectivity index is 1.79. The third kappa shape index (κ3) is 4.21. The van der Waals surface area contributed by atoms with Gasteiger partial charge in [0.15, 0.2) is 0 Å². The van der Waals surface area contributed by atoms with Crippen molar-refractivity contribution in [3.8, 4) is 5.75 Å². The van der Waals surface area contributed by atoms with Gasteiger partial charge in [-0.1, -0.05) is 35.9 Å². The lowest BCUT2D eigenvalue weighted by atomic mass is 9.78. The van der Waals surface area contributed by atoms with E-state index in [1.54, 1.807) is 0 Å². The minimum atomic E-state index is -1.11. The zero-order valence-corrected chi connectivity index (χ0v) is 15.6. The minimum absolute atomic E-state index is 0.204. The van der Waals surface area contributed by atoms with Gasteiger partial charge in [-0.3, -0.25) is 0 Å². The number of ether oxygens (including phenoxy) is 1. The van der Waals surface area contributed by atoms with Gasteiger partial charge in [0.25, 0.3) is 0 Å². The van der Waals surface area contributed by atoms with E-state index in [1.807, 2.05) is 49.4 Å². The Bertz CT molecular complexity index is 731. The molecule has 0 aromatic heterocycles. The molecule has 1 aliphatic rings. The van der Waals surface area contributed by atoms with Crippen molar-refractivity contribution < 1.29 is 20.1 Å². The Kier molecular flexibility index (Phi) is 6.20. The maximum Gasteiger partial charge on any atom is 0.119 e. The smallest absolute Gasteiger partial charge is 0.119 e. The largest absolute Gasteiger partial charge is 0.494 e. The summed E-state index contributed by atoms with van der Waals surface area (Å²) >= 11 is 6.38. The molecule has 140 valence electrons. The second-order valence-electron chi connectivity index (χ2n) is 6.84. The average molecular weight is 377 g/mol. The van der Waals surface area contributed by atoms with Crippen LogP contribution in [-0.4, -0.2) is 40.2 Å². The molecular formula is C21H25ClO4. The van der Waals surface area contributed by atoms with Gasteiger partial charge in [-0.2, -0.15) is 0 Å². The van der Waals surface area contributed by atoms with Crippen molar-refractivity contribution in [1.29, 1.82) is 0 Å². The first kappa shape index (κ1) is 19.2. The predicted molar refractivity (Wildman–Crippen MR) is 102 cm³/mol. The second kappa shape index (κ2) is 8.40. The lowest BCUT2D eigenvalue weighted by Gasteiger charge is -2.35. The lowest BCUT2D eigenvalue weighted by molar-refractivity contribution is -0.0941. The molecule has 1 fully saturated rings. The monoisotopic (exact) mass is 376 g/mol. The maximum absolute atomic E-state index is 10.3. The normalized spacial score (nSPS) is 25.9. The van der Waals surface area contributed by atoms with Crippen molar-refractivity contribution >= 4 is 11.6 Å². The third-order valence-electron chi connectivity index (χ3n) is 5.06. The Labute approximate surface area is 159 Å². The molecule has 0 unspecified atom stereocenters. The Morgan fingerprint density at radius 1 is 1.00 bits per heavy atom. The molecule has 0 amide bonds. The van der Waals surface area contributed by atoms with E-state index in [1.165, 1.54) is 0 Å². The zero-order valence-electron chi connectivity index (χ0n) is 14.8. The molecule has 4 nitrogen and oxygen atoms in total. The molecule has 1 saturated carbocycles. The molecule has 0 bridgehead atoms. The molecular weight excluding hydrogens is 352 g/mol. The van der Waals surface area contributed by atoms with Crippen molar-refractivity contribution in [2.45, 2.75) is 50.4 Å². The molecule has 2 aromatic carbocycles. The summed E-state index contributed by atoms with van der Waals surface area (Å²) in [6.45, 7) is 2.59. The Morgan fingerprint density at radius 2 is 1.73 bits per heavy atom. The van der Waals surface area contributed by atoms with E-state index in [0.29, 0.717) is 30.9 Å². The highest BCUT2D eigenvalue weighted by Gasteiger charge is 2.37. The first-order valence-corrected chi connectivity index (χ1v) is 9.41. The van der Waals surface area contributed by atoms with Crippen LogP contribution in [0.25, 0.3) is 0 Å². The first-order chi connectivity index (χ1) is 12.5. The number of aliphatic hydroxyl groups is 3. The Morgan fingerprint density at radius 3 is 2.42 bits per heavy atom. The highest BCUT2D eigenvalue weighted by molar-refractivity contribution is 6.31. The van der Waals surface area contributed by atoms with Gasteiger partial charge >= 0.3 is 0 Å². The fraction of sp³-hybridized carbons (Fsp3) is 0.429. The van der Waals surface area contributed by atoms with Gasteiger partial charge in [0.1, 0.15) is 11.9 Å². The summed E-state index contributed by atoms with van der Waals surface area (Å²) in [4.78, 5) is 0. The number of rotatable bonds is 5. The quantitative estimate of drug-likeness (QED) is 0.749. The van der Waals surface area contributed by atoms with Crippen molar-refractivity contribution in [2.24, 2.45) is 0 Å². The molecule has 26 heavy (non-hydrogen) atoms. The van der Waals surface area contributed by atoms with Crippen LogP contribution >= 0.6 is 11.6 Å². The van der Waals surface area contributed by atoms with Crippen LogP contribution in [0.15, 0.2) is 42.5 Å². The molecule has 0 radical (unpaired) electrons. The van der Waals surface area contributed by atoms with Crippen LogP contribution in [0.5, 0.6) is 5.75 Å². The fourth-order valence-corrected chi connectivity index (χ4v) is 3.76. The number of hydrogen-bond acceptors (Lipinski definition) is 4. The Hall–Kier alpha value is -1.59. The number of benzene rings is 2. The van der Waals surface area contributed by atoms with Gasteiger partial charge in [0.2, 0.25) is 0 Å². The van der Waals surface area contributed by atoms with Crippen LogP contribution in [0.3, 0.4) is 0 Å². The lowest BCUT2D eigenvalue weighted by Crippen LogP contribution is -2.45. The van der Waals surface area contributed by atoms with Crippen LogP contribution in [0.1, 0.15) is 42.4 Å². The minimum Gasteiger partial charge on any atom is -0.494 e. The average Bonchev–Trinajstić information content (AvgIpc) is 2.64. The summed E-state index contributed by atoms with van der Waals surface area (Å²) < 4.78 is 5.47. The molecule has 0 heterocycles. The molecule has 3 N–H and O–H groups in total. The molecule has 5 heteroatoms. The summed E-state index contributed by atoms with van der Waals surface area (Å²) in [5.74, 6) is 0.638. The van der Waals surface area contributed by atoms with Gasteiger partial charge in [0.05, 0.1) is 18.8 Å². The molecule has 1 aliphatic carbocycles. The molecule has 3 rings (SSSR count). The number of aliphatic hydroxyl groups excluding tert-OH is 3. The number of halogens is 1. The van der Waals surface area contributed by atoms with Gasteiger partial charge in [-0.25, -0.2) is 0 Å². The second-order valence-corrected chi connectivity index (χ2v) is 7.24. The standard InChI is InChI=1S/C21H25ClO4/c1-2-26-16-6-3-13(4-7-16)11-15-12-14(5-9-18(15)22)17-8-10-19(23)21(25)20(17)24/h3-7,9,12,17,19-21,23-25H,2,8,10-11H2,1H3/t17-,19+,20-,21-/m0/s1. The predicted octanol–water partition coefficient (Wildman–Crippen LogP) is 3.29. The highest BCUT2D eigenvalue weighted by Crippen LogP contribution is 2.35. The summed E-state index contributed by atoms with van der Waals surface area (Å²) in [5.41, 5.74) is 3.03. The van der Waals surface area contributed by atoms with E-state index in [2.05, 4.69) is 0 Å². The van der Waals surface area contributed by atoms with E-state index in [4.69, 9.17) is 16.3 Å². The van der Waals surface area contributed by atoms with Crippen LogP contribution < -0.4 is 4.74 Å². The van der Waals surface area contributed by atoms with Crippen LogP contribution in [0.4, 0.5) is 0 Å². The van der Waals surface area contributed by atoms with Crippen LogP contribution in [-0.2, 0) is 6.42 Å². The molecule has 0 saturated heterocycles.